The number of carbonyl (C=O) groups is 3. The Kier molecular flexibility index (Phi) is 10.7. The zero-order valence-corrected chi connectivity index (χ0v) is 33.3. The molecule has 2 aromatic rings. The SMILES string of the molecule is C=C[C@]1(C)C[C@@H](OC(=O)CN2CCN(C(=O)CCn3cnc4c(N5CC[C@H](CNC)C5)ncnc43)[C@@H](C)C2)[C@]2(C)[C@H](C)CC[C@]3(CCC(=O)[C@@H]32)[C@@H](C)[C@@H]1O. The summed E-state index contributed by atoms with van der Waals surface area (Å²) in [5.41, 5.74) is -0.0197. The first-order valence-corrected chi connectivity index (χ1v) is 20.4. The summed E-state index contributed by atoms with van der Waals surface area (Å²) >= 11 is 0. The van der Waals surface area contributed by atoms with E-state index in [1.807, 2.05) is 36.4 Å². The van der Waals surface area contributed by atoms with Gasteiger partial charge >= 0.3 is 5.97 Å². The molecule has 2 aliphatic heterocycles. The van der Waals surface area contributed by atoms with Crippen LogP contribution in [0.1, 0.15) is 79.6 Å². The summed E-state index contributed by atoms with van der Waals surface area (Å²) in [6.45, 7) is 19.7. The Morgan fingerprint density at radius 2 is 1.89 bits per heavy atom. The number of hydrogen-bond acceptors (Lipinski definition) is 11. The fourth-order valence-electron chi connectivity index (χ4n) is 11.5. The Hall–Kier alpha value is -3.42. The van der Waals surface area contributed by atoms with E-state index in [0.29, 0.717) is 51.4 Å². The standard InChI is InChI=1S/C41H62N8O5/c1-8-39(5)19-31(40(6)26(2)9-13-41(28(4)36(39)53)14-10-30(50)35(40)41)54-33(52)23-46-17-18-49(27(3)21-46)32(51)12-16-48-25-45-34-37(43-24-44-38(34)48)47-15-11-29(22-47)20-42-7/h8,24-29,31,35-36,42,53H,1,9-23H2,2-7H3/t26-,27+,28+,29-,31-,35-,36+,39-,40+,41+/m1/s1. The third kappa shape index (κ3) is 6.55. The summed E-state index contributed by atoms with van der Waals surface area (Å²) in [5.74, 6) is 1.27. The third-order valence-corrected chi connectivity index (χ3v) is 15.0. The Morgan fingerprint density at radius 3 is 2.63 bits per heavy atom. The van der Waals surface area contributed by atoms with Gasteiger partial charge in [-0.2, -0.15) is 0 Å². The number of anilines is 1. The number of ketones is 1. The van der Waals surface area contributed by atoms with E-state index in [9.17, 15) is 19.5 Å². The molecule has 296 valence electrons. The summed E-state index contributed by atoms with van der Waals surface area (Å²) < 4.78 is 8.45. The van der Waals surface area contributed by atoms with Crippen molar-refractivity contribution < 1.29 is 24.2 Å². The Bertz CT molecular complexity index is 1750. The van der Waals surface area contributed by atoms with Gasteiger partial charge in [0.15, 0.2) is 17.0 Å². The molecule has 54 heavy (non-hydrogen) atoms. The molecule has 13 nitrogen and oxygen atoms in total. The molecule has 0 spiro atoms. The number of ether oxygens (including phenoxy) is 1. The van der Waals surface area contributed by atoms with E-state index in [4.69, 9.17) is 4.74 Å². The van der Waals surface area contributed by atoms with Crippen LogP contribution in [-0.2, 0) is 25.7 Å². The monoisotopic (exact) mass is 746 g/mol. The van der Waals surface area contributed by atoms with Gasteiger partial charge in [0.05, 0.1) is 19.0 Å². The van der Waals surface area contributed by atoms with Crippen LogP contribution in [0.5, 0.6) is 0 Å². The number of rotatable bonds is 10. The van der Waals surface area contributed by atoms with Crippen molar-refractivity contribution in [3.63, 3.8) is 0 Å². The van der Waals surface area contributed by atoms with Crippen molar-refractivity contribution in [3.05, 3.63) is 25.3 Å². The molecule has 2 aromatic heterocycles. The summed E-state index contributed by atoms with van der Waals surface area (Å²) in [6, 6.07) is -0.0806. The first-order valence-electron chi connectivity index (χ1n) is 20.4. The number of esters is 1. The largest absolute Gasteiger partial charge is 0.461 e. The van der Waals surface area contributed by atoms with Gasteiger partial charge in [0.1, 0.15) is 18.2 Å². The maximum absolute atomic E-state index is 13.9. The fraction of sp³-hybridized carbons (Fsp3) is 0.756. The topological polar surface area (TPSA) is 146 Å². The highest BCUT2D eigenvalue weighted by Crippen LogP contribution is 2.68. The van der Waals surface area contributed by atoms with Crippen LogP contribution in [0, 0.1) is 39.9 Å². The van der Waals surface area contributed by atoms with Gasteiger partial charge in [-0.1, -0.05) is 33.8 Å². The number of aryl methyl sites for hydroxylation is 1. The quantitative estimate of drug-likeness (QED) is 0.271. The normalized spacial score (nSPS) is 37.2. The number of carbonyl (C=O) groups excluding carboxylic acids is 3. The van der Waals surface area contributed by atoms with Crippen molar-refractivity contribution in [1.29, 1.82) is 0 Å². The van der Waals surface area contributed by atoms with Gasteiger partial charge in [-0.05, 0) is 75.8 Å². The second kappa shape index (κ2) is 14.9. The van der Waals surface area contributed by atoms with E-state index in [-0.39, 0.29) is 53.4 Å². The van der Waals surface area contributed by atoms with Gasteiger partial charge in [-0.25, -0.2) is 15.0 Å². The van der Waals surface area contributed by atoms with Crippen LogP contribution in [0.25, 0.3) is 11.2 Å². The second-order valence-corrected chi connectivity index (χ2v) is 18.0. The lowest BCUT2D eigenvalue weighted by Gasteiger charge is -2.61. The van der Waals surface area contributed by atoms with Crippen molar-refractivity contribution in [1.82, 2.24) is 34.6 Å². The lowest BCUT2D eigenvalue weighted by Crippen LogP contribution is -2.63. The molecule has 7 rings (SSSR count). The summed E-state index contributed by atoms with van der Waals surface area (Å²) in [5, 5.41) is 15.1. The van der Waals surface area contributed by atoms with Gasteiger partial charge in [-0.15, -0.1) is 6.58 Å². The number of nitrogens with one attached hydrogen (secondary N) is 1. The zero-order chi connectivity index (χ0) is 38.6. The van der Waals surface area contributed by atoms with E-state index in [0.717, 1.165) is 62.3 Å². The zero-order valence-electron chi connectivity index (χ0n) is 33.3. The number of aliphatic hydroxyl groups excluding tert-OH is 1. The second-order valence-electron chi connectivity index (χ2n) is 18.0. The maximum Gasteiger partial charge on any atom is 0.320 e. The average molecular weight is 747 g/mol. The number of aliphatic hydroxyl groups is 1. The van der Waals surface area contributed by atoms with Gasteiger partial charge in [0.25, 0.3) is 0 Å². The molecule has 0 radical (unpaired) electrons. The van der Waals surface area contributed by atoms with Crippen LogP contribution >= 0.6 is 0 Å². The lowest BCUT2D eigenvalue weighted by molar-refractivity contribution is -0.207. The molecule has 0 aromatic carbocycles. The average Bonchev–Trinajstić information content (AvgIpc) is 3.89. The number of aromatic nitrogens is 4. The van der Waals surface area contributed by atoms with Crippen molar-refractivity contribution in [3.8, 4) is 0 Å². The predicted octanol–water partition coefficient (Wildman–Crippen LogP) is 3.70. The third-order valence-electron chi connectivity index (χ3n) is 15.0. The number of Topliss-reactive ketones (excluding diaryl/α,β-unsaturated/α-hetero) is 1. The molecule has 3 aliphatic carbocycles. The minimum absolute atomic E-state index is 0.0604. The van der Waals surface area contributed by atoms with Gasteiger partial charge in [-0.3, -0.25) is 19.3 Å². The molecule has 2 saturated heterocycles. The van der Waals surface area contributed by atoms with E-state index in [1.54, 1.807) is 12.7 Å². The van der Waals surface area contributed by atoms with Crippen molar-refractivity contribution in [2.24, 2.45) is 39.9 Å². The molecule has 2 N–H and O–H groups in total. The Labute approximate surface area is 320 Å². The van der Waals surface area contributed by atoms with Gasteiger partial charge in [0.2, 0.25) is 5.91 Å². The fourth-order valence-corrected chi connectivity index (χ4v) is 11.5. The highest BCUT2D eigenvalue weighted by molar-refractivity contribution is 5.86. The van der Waals surface area contributed by atoms with Crippen LogP contribution in [0.3, 0.4) is 0 Å². The van der Waals surface area contributed by atoms with Crippen LogP contribution in [0.2, 0.25) is 0 Å². The predicted molar refractivity (Wildman–Crippen MR) is 206 cm³/mol. The molecule has 2 bridgehead atoms. The van der Waals surface area contributed by atoms with Crippen LogP contribution < -0.4 is 10.2 Å². The van der Waals surface area contributed by atoms with Gasteiger partial charge < -0.3 is 29.5 Å². The summed E-state index contributed by atoms with van der Waals surface area (Å²) in [4.78, 5) is 61.2. The number of amides is 1. The molecule has 10 atom stereocenters. The Morgan fingerprint density at radius 1 is 1.09 bits per heavy atom. The van der Waals surface area contributed by atoms with E-state index >= 15 is 0 Å². The lowest BCUT2D eigenvalue weighted by atomic mass is 9.44. The molecular formula is C41H62N8O5. The van der Waals surface area contributed by atoms with Gasteiger partial charge in [0, 0.05) is 74.9 Å². The minimum Gasteiger partial charge on any atom is -0.461 e. The summed E-state index contributed by atoms with van der Waals surface area (Å²) in [7, 11) is 1.98. The molecule has 5 fully saturated rings. The first kappa shape index (κ1) is 38.8. The van der Waals surface area contributed by atoms with Crippen molar-refractivity contribution >= 4 is 34.6 Å². The number of nitrogens with zero attached hydrogens (tertiary/aromatic N) is 7. The molecular weight excluding hydrogens is 685 g/mol. The summed E-state index contributed by atoms with van der Waals surface area (Å²) in [6.07, 6.45) is 8.92. The number of fused-ring (bicyclic) bond motifs is 1. The van der Waals surface area contributed by atoms with Crippen LogP contribution in [-0.4, -0.2) is 123 Å². The highest BCUT2D eigenvalue weighted by Gasteiger charge is 2.68. The van der Waals surface area contributed by atoms with E-state index in [1.165, 1.54) is 0 Å². The molecule has 3 saturated carbocycles. The molecule has 5 aliphatic rings. The van der Waals surface area contributed by atoms with Crippen LogP contribution in [0.4, 0.5) is 5.82 Å². The number of imidazole rings is 1. The number of piperazine rings is 1. The van der Waals surface area contributed by atoms with E-state index < -0.39 is 23.0 Å². The molecule has 0 unspecified atom stereocenters. The van der Waals surface area contributed by atoms with E-state index in [2.05, 4.69) is 57.4 Å². The Balaban J connectivity index is 0.976. The molecule has 1 amide bonds. The van der Waals surface area contributed by atoms with Crippen molar-refractivity contribution in [2.45, 2.75) is 104 Å². The number of hydrogen-bond donors (Lipinski definition) is 2. The smallest absolute Gasteiger partial charge is 0.320 e. The molecule has 4 heterocycles. The minimum atomic E-state index is -0.696. The van der Waals surface area contributed by atoms with Crippen LogP contribution in [0.15, 0.2) is 25.3 Å². The highest BCUT2D eigenvalue weighted by atomic mass is 16.5. The maximum atomic E-state index is 13.9. The molecule has 13 heteroatoms. The first-order chi connectivity index (χ1) is 25.8. The van der Waals surface area contributed by atoms with Crippen molar-refractivity contribution in [2.75, 3.05) is 57.8 Å².